The number of para-hydroxylation sites is 1. The number of likely N-dealkylation sites (tertiary alicyclic amines) is 1. The Balaban J connectivity index is 1.57. The van der Waals surface area contributed by atoms with Crippen molar-refractivity contribution in [1.82, 2.24) is 14.7 Å². The number of halogens is 1. The van der Waals surface area contributed by atoms with Crippen LogP contribution in [0.5, 0.6) is 0 Å². The molecule has 2 heterocycles. The zero-order valence-electron chi connectivity index (χ0n) is 11.6. The minimum atomic E-state index is 0.504. The number of hydrogen-bond acceptors (Lipinski definition) is 3. The van der Waals surface area contributed by atoms with Crippen molar-refractivity contribution in [2.24, 2.45) is 7.05 Å². The molecule has 0 saturated carbocycles. The predicted octanol–water partition coefficient (Wildman–Crippen LogP) is 2.76. The van der Waals surface area contributed by atoms with Gasteiger partial charge in [0.15, 0.2) is 0 Å². The first-order valence-electron chi connectivity index (χ1n) is 6.92. The van der Waals surface area contributed by atoms with Crippen LogP contribution in [0.15, 0.2) is 36.5 Å². The Kier molecular flexibility index (Phi) is 3.94. The molecule has 0 aliphatic carbocycles. The first kappa shape index (κ1) is 13.5. The topological polar surface area (TPSA) is 33.1 Å². The summed E-state index contributed by atoms with van der Waals surface area (Å²) < 4.78 is 1.86. The predicted molar refractivity (Wildman–Crippen MR) is 82.0 cm³/mol. The third kappa shape index (κ3) is 2.97. The van der Waals surface area contributed by atoms with Crippen molar-refractivity contribution in [2.45, 2.75) is 19.0 Å². The average molecular weight is 291 g/mol. The molecule has 3 rings (SSSR count). The minimum Gasteiger partial charge on any atom is -0.381 e. The zero-order chi connectivity index (χ0) is 13.9. The quantitative estimate of drug-likeness (QED) is 0.940. The lowest BCUT2D eigenvalue weighted by atomic mass is 10.2. The first-order valence-corrected chi connectivity index (χ1v) is 7.30. The molecule has 1 fully saturated rings. The zero-order valence-corrected chi connectivity index (χ0v) is 12.3. The molecule has 20 heavy (non-hydrogen) atoms. The number of anilines is 1. The van der Waals surface area contributed by atoms with Crippen molar-refractivity contribution >= 4 is 17.3 Å². The molecule has 1 aromatic heterocycles. The van der Waals surface area contributed by atoms with Crippen LogP contribution in [0, 0.1) is 0 Å². The highest BCUT2D eigenvalue weighted by Gasteiger charge is 2.23. The highest BCUT2D eigenvalue weighted by atomic mass is 35.5. The second-order valence-electron chi connectivity index (χ2n) is 5.29. The fourth-order valence-electron chi connectivity index (χ4n) is 2.69. The Morgan fingerprint density at radius 1 is 1.35 bits per heavy atom. The van der Waals surface area contributed by atoms with E-state index in [4.69, 9.17) is 11.6 Å². The summed E-state index contributed by atoms with van der Waals surface area (Å²) in [6.45, 7) is 2.99. The summed E-state index contributed by atoms with van der Waals surface area (Å²) in [7, 11) is 1.94. The van der Waals surface area contributed by atoms with E-state index in [1.807, 2.05) is 17.8 Å². The maximum Gasteiger partial charge on any atom is 0.0831 e. The summed E-state index contributed by atoms with van der Waals surface area (Å²) >= 11 is 6.16. The fraction of sp³-hybridized carbons (Fsp3) is 0.400. The van der Waals surface area contributed by atoms with Crippen LogP contribution in [0.2, 0.25) is 5.02 Å². The van der Waals surface area contributed by atoms with Gasteiger partial charge in [0.05, 0.1) is 16.9 Å². The van der Waals surface area contributed by atoms with Crippen molar-refractivity contribution in [3.8, 4) is 0 Å². The molecular formula is C15H19ClN4. The number of aryl methyl sites for hydroxylation is 1. The second kappa shape index (κ2) is 5.85. The molecule has 106 valence electrons. The highest BCUT2D eigenvalue weighted by molar-refractivity contribution is 6.31. The van der Waals surface area contributed by atoms with Crippen molar-refractivity contribution in [2.75, 3.05) is 18.4 Å². The summed E-state index contributed by atoms with van der Waals surface area (Å²) in [4.78, 5) is 2.42. The molecule has 1 aliphatic rings. The molecule has 4 nitrogen and oxygen atoms in total. The van der Waals surface area contributed by atoms with Gasteiger partial charge >= 0.3 is 0 Å². The molecule has 1 aliphatic heterocycles. The summed E-state index contributed by atoms with van der Waals surface area (Å²) in [5.74, 6) is 0. The second-order valence-corrected chi connectivity index (χ2v) is 5.70. The SMILES string of the molecule is Cn1ncc(Cl)c1CN1CCC(Nc2ccccc2)C1. The molecule has 0 radical (unpaired) electrons. The van der Waals surface area contributed by atoms with Gasteiger partial charge < -0.3 is 5.32 Å². The van der Waals surface area contributed by atoms with E-state index >= 15 is 0 Å². The normalized spacial score (nSPS) is 19.4. The number of nitrogens with one attached hydrogen (secondary N) is 1. The van der Waals surface area contributed by atoms with E-state index in [0.29, 0.717) is 6.04 Å². The monoisotopic (exact) mass is 290 g/mol. The fourth-order valence-corrected chi connectivity index (χ4v) is 2.92. The molecule has 0 spiro atoms. The van der Waals surface area contributed by atoms with Crippen molar-refractivity contribution in [1.29, 1.82) is 0 Å². The number of hydrogen-bond donors (Lipinski definition) is 1. The van der Waals surface area contributed by atoms with Gasteiger partial charge in [-0.05, 0) is 18.6 Å². The third-order valence-corrected chi connectivity index (χ3v) is 4.12. The van der Waals surface area contributed by atoms with E-state index in [1.54, 1.807) is 6.20 Å². The smallest absolute Gasteiger partial charge is 0.0831 e. The van der Waals surface area contributed by atoms with Crippen LogP contribution in [0.3, 0.4) is 0 Å². The molecule has 2 aromatic rings. The van der Waals surface area contributed by atoms with E-state index in [2.05, 4.69) is 39.6 Å². The van der Waals surface area contributed by atoms with E-state index < -0.39 is 0 Å². The molecule has 5 heteroatoms. The van der Waals surface area contributed by atoms with Crippen LogP contribution >= 0.6 is 11.6 Å². The van der Waals surface area contributed by atoms with Gasteiger partial charge in [-0.2, -0.15) is 5.10 Å². The molecule has 0 bridgehead atoms. The van der Waals surface area contributed by atoms with Crippen LogP contribution in [0.25, 0.3) is 0 Å². The lowest BCUT2D eigenvalue weighted by Gasteiger charge is -2.17. The van der Waals surface area contributed by atoms with Gasteiger partial charge in [-0.15, -0.1) is 0 Å². The van der Waals surface area contributed by atoms with Crippen molar-refractivity contribution in [3.63, 3.8) is 0 Å². The van der Waals surface area contributed by atoms with Crippen LogP contribution in [-0.4, -0.2) is 33.8 Å². The molecule has 1 atom stereocenters. The number of rotatable bonds is 4. The maximum absolute atomic E-state index is 6.16. The van der Waals surface area contributed by atoms with E-state index in [9.17, 15) is 0 Å². The third-order valence-electron chi connectivity index (χ3n) is 3.80. The molecule has 1 unspecified atom stereocenters. The van der Waals surface area contributed by atoms with Crippen LogP contribution < -0.4 is 5.32 Å². The Bertz CT molecular complexity index is 547. The summed E-state index contributed by atoms with van der Waals surface area (Å²) in [5, 5.41) is 8.53. The van der Waals surface area contributed by atoms with Gasteiger partial charge in [0.2, 0.25) is 0 Å². The number of benzene rings is 1. The van der Waals surface area contributed by atoms with E-state index in [1.165, 1.54) is 5.69 Å². The first-order chi connectivity index (χ1) is 9.72. The van der Waals surface area contributed by atoms with Gasteiger partial charge in [0, 0.05) is 38.4 Å². The Morgan fingerprint density at radius 3 is 2.85 bits per heavy atom. The van der Waals surface area contributed by atoms with Crippen LogP contribution in [0.4, 0.5) is 5.69 Å². The lowest BCUT2D eigenvalue weighted by molar-refractivity contribution is 0.319. The largest absolute Gasteiger partial charge is 0.381 e. The van der Waals surface area contributed by atoms with Gasteiger partial charge in [-0.1, -0.05) is 29.8 Å². The Labute approximate surface area is 124 Å². The average Bonchev–Trinajstić information content (AvgIpc) is 3.02. The lowest BCUT2D eigenvalue weighted by Crippen LogP contribution is -2.26. The number of nitrogens with zero attached hydrogens (tertiary/aromatic N) is 3. The van der Waals surface area contributed by atoms with Crippen molar-refractivity contribution in [3.05, 3.63) is 47.2 Å². The van der Waals surface area contributed by atoms with Gasteiger partial charge in [0.25, 0.3) is 0 Å². The summed E-state index contributed by atoms with van der Waals surface area (Å²) in [5.41, 5.74) is 2.28. The van der Waals surface area contributed by atoms with Gasteiger partial charge in [-0.3, -0.25) is 9.58 Å². The molecule has 1 aromatic carbocycles. The molecule has 1 saturated heterocycles. The number of aromatic nitrogens is 2. The Morgan fingerprint density at radius 2 is 2.15 bits per heavy atom. The van der Waals surface area contributed by atoms with Gasteiger partial charge in [-0.25, -0.2) is 0 Å². The molecule has 0 amide bonds. The van der Waals surface area contributed by atoms with Crippen LogP contribution in [-0.2, 0) is 13.6 Å². The Hall–Kier alpha value is -1.52. The van der Waals surface area contributed by atoms with E-state index in [-0.39, 0.29) is 0 Å². The minimum absolute atomic E-state index is 0.504. The molecular weight excluding hydrogens is 272 g/mol. The van der Waals surface area contributed by atoms with Crippen LogP contribution in [0.1, 0.15) is 12.1 Å². The van der Waals surface area contributed by atoms with Crippen molar-refractivity contribution < 1.29 is 0 Å². The summed E-state index contributed by atoms with van der Waals surface area (Å²) in [6, 6.07) is 10.9. The molecule has 1 N–H and O–H groups in total. The van der Waals surface area contributed by atoms with Gasteiger partial charge in [0.1, 0.15) is 0 Å². The van der Waals surface area contributed by atoms with E-state index in [0.717, 1.165) is 36.8 Å². The standard InChI is InChI=1S/C15H19ClN4/c1-19-15(14(16)9-17-19)11-20-8-7-13(10-20)18-12-5-3-2-4-6-12/h2-6,9,13,18H,7-8,10-11H2,1H3. The highest BCUT2D eigenvalue weighted by Crippen LogP contribution is 2.21. The maximum atomic E-state index is 6.16. The summed E-state index contributed by atoms with van der Waals surface area (Å²) in [6.07, 6.45) is 2.87.